The predicted molar refractivity (Wildman–Crippen MR) is 63.7 cm³/mol. The van der Waals surface area contributed by atoms with Gasteiger partial charge in [0.15, 0.2) is 0 Å². The summed E-state index contributed by atoms with van der Waals surface area (Å²) in [7, 11) is 0. The van der Waals surface area contributed by atoms with Crippen LogP contribution in [0.2, 0.25) is 0 Å². The van der Waals surface area contributed by atoms with Crippen LogP contribution in [0.4, 0.5) is 0 Å². The summed E-state index contributed by atoms with van der Waals surface area (Å²) in [5, 5.41) is 8.90. The number of furan rings is 1. The highest BCUT2D eigenvalue weighted by molar-refractivity contribution is 5.89. The zero-order chi connectivity index (χ0) is 12.4. The molecule has 1 aromatic carbocycles. The van der Waals surface area contributed by atoms with Crippen molar-refractivity contribution >= 4 is 5.97 Å². The van der Waals surface area contributed by atoms with Crippen LogP contribution in [0.15, 0.2) is 40.8 Å². The molecule has 4 heteroatoms. The Morgan fingerprint density at radius 2 is 2.12 bits per heavy atom. The van der Waals surface area contributed by atoms with E-state index in [2.05, 4.69) is 0 Å². The molecule has 0 bridgehead atoms. The number of hydrogen-bond donors (Lipinski definition) is 2. The molecule has 0 saturated heterocycles. The molecule has 2 rings (SSSR count). The summed E-state index contributed by atoms with van der Waals surface area (Å²) in [4.78, 5) is 10.8. The van der Waals surface area contributed by atoms with Crippen molar-refractivity contribution in [2.45, 2.75) is 13.0 Å². The summed E-state index contributed by atoms with van der Waals surface area (Å²) in [5.74, 6) is 0.354. The highest BCUT2D eigenvalue weighted by Gasteiger charge is 2.09. The lowest BCUT2D eigenvalue weighted by atomic mass is 10.1. The molecular formula is C13H13NO3. The van der Waals surface area contributed by atoms with Gasteiger partial charge in [-0.1, -0.05) is 12.1 Å². The Morgan fingerprint density at radius 1 is 1.35 bits per heavy atom. The number of hydrogen-bond acceptors (Lipinski definition) is 3. The number of carbonyl (C=O) groups is 1. The van der Waals surface area contributed by atoms with Gasteiger partial charge in [-0.05, 0) is 31.2 Å². The summed E-state index contributed by atoms with van der Waals surface area (Å²) < 4.78 is 5.55. The molecule has 0 aliphatic rings. The molecule has 1 aromatic heterocycles. The smallest absolute Gasteiger partial charge is 0.335 e. The van der Waals surface area contributed by atoms with Crippen LogP contribution in [-0.4, -0.2) is 11.1 Å². The second kappa shape index (κ2) is 4.43. The molecule has 0 fully saturated rings. The van der Waals surface area contributed by atoms with Gasteiger partial charge in [0.25, 0.3) is 0 Å². The van der Waals surface area contributed by atoms with E-state index in [1.807, 2.05) is 6.92 Å². The Bertz CT molecular complexity index is 543. The first-order valence-electron chi connectivity index (χ1n) is 5.27. The van der Waals surface area contributed by atoms with Crippen LogP contribution < -0.4 is 5.73 Å². The lowest BCUT2D eigenvalue weighted by Crippen LogP contribution is -2.02. The summed E-state index contributed by atoms with van der Waals surface area (Å²) in [5.41, 5.74) is 6.67. The molecular weight excluding hydrogens is 218 g/mol. The van der Waals surface area contributed by atoms with Crippen LogP contribution in [0.5, 0.6) is 0 Å². The van der Waals surface area contributed by atoms with Crippen molar-refractivity contribution in [3.8, 4) is 11.3 Å². The molecule has 0 saturated carbocycles. The highest BCUT2D eigenvalue weighted by Crippen LogP contribution is 2.25. The average Bonchev–Trinajstić information content (AvgIpc) is 2.78. The van der Waals surface area contributed by atoms with Gasteiger partial charge in [-0.15, -0.1) is 0 Å². The van der Waals surface area contributed by atoms with Gasteiger partial charge < -0.3 is 15.3 Å². The Hall–Kier alpha value is -2.07. The Morgan fingerprint density at radius 3 is 2.71 bits per heavy atom. The third-order valence-electron chi connectivity index (χ3n) is 2.47. The monoisotopic (exact) mass is 231 g/mol. The lowest BCUT2D eigenvalue weighted by Gasteiger charge is -2.01. The van der Waals surface area contributed by atoms with Gasteiger partial charge in [-0.25, -0.2) is 4.79 Å². The van der Waals surface area contributed by atoms with E-state index in [1.54, 1.807) is 36.4 Å². The zero-order valence-corrected chi connectivity index (χ0v) is 9.38. The second-order valence-electron chi connectivity index (χ2n) is 3.88. The molecule has 17 heavy (non-hydrogen) atoms. The minimum absolute atomic E-state index is 0.175. The molecule has 1 atom stereocenters. The molecule has 4 nitrogen and oxygen atoms in total. The Balaban J connectivity index is 2.38. The second-order valence-corrected chi connectivity index (χ2v) is 3.88. The number of aromatic carboxylic acids is 1. The quantitative estimate of drug-likeness (QED) is 0.851. The maximum atomic E-state index is 10.8. The normalized spacial score (nSPS) is 12.4. The minimum Gasteiger partial charge on any atom is -0.478 e. The van der Waals surface area contributed by atoms with Crippen LogP contribution in [0.3, 0.4) is 0 Å². The fourth-order valence-electron chi connectivity index (χ4n) is 1.56. The van der Waals surface area contributed by atoms with Gasteiger partial charge >= 0.3 is 5.97 Å². The van der Waals surface area contributed by atoms with E-state index in [9.17, 15) is 4.79 Å². The number of rotatable bonds is 3. The summed E-state index contributed by atoms with van der Waals surface area (Å²) >= 11 is 0. The van der Waals surface area contributed by atoms with Gasteiger partial charge in [-0.3, -0.25) is 0 Å². The fourth-order valence-corrected chi connectivity index (χ4v) is 1.56. The van der Waals surface area contributed by atoms with Crippen molar-refractivity contribution in [3.63, 3.8) is 0 Å². The van der Waals surface area contributed by atoms with Crippen molar-refractivity contribution in [3.05, 3.63) is 47.7 Å². The van der Waals surface area contributed by atoms with Crippen molar-refractivity contribution in [2.75, 3.05) is 0 Å². The summed E-state index contributed by atoms with van der Waals surface area (Å²) in [6.45, 7) is 1.83. The van der Waals surface area contributed by atoms with Crippen LogP contribution >= 0.6 is 0 Å². The maximum Gasteiger partial charge on any atom is 0.335 e. The molecule has 0 radical (unpaired) electrons. The largest absolute Gasteiger partial charge is 0.478 e. The minimum atomic E-state index is -0.953. The Labute approximate surface area is 98.7 Å². The molecule has 3 N–H and O–H groups in total. The van der Waals surface area contributed by atoms with E-state index in [1.165, 1.54) is 0 Å². The number of benzene rings is 1. The molecule has 0 aliphatic heterocycles. The topological polar surface area (TPSA) is 76.5 Å². The van der Waals surface area contributed by atoms with Crippen molar-refractivity contribution < 1.29 is 14.3 Å². The van der Waals surface area contributed by atoms with E-state index in [0.29, 0.717) is 11.5 Å². The summed E-state index contributed by atoms with van der Waals surface area (Å²) in [6.07, 6.45) is 0. The molecule has 0 aliphatic carbocycles. The van der Waals surface area contributed by atoms with Crippen molar-refractivity contribution in [1.29, 1.82) is 0 Å². The van der Waals surface area contributed by atoms with Crippen LogP contribution in [0.25, 0.3) is 11.3 Å². The van der Waals surface area contributed by atoms with E-state index >= 15 is 0 Å². The average molecular weight is 231 g/mol. The van der Waals surface area contributed by atoms with Gasteiger partial charge in [-0.2, -0.15) is 0 Å². The summed E-state index contributed by atoms with van der Waals surface area (Å²) in [6, 6.07) is 10.0. The first-order valence-corrected chi connectivity index (χ1v) is 5.27. The van der Waals surface area contributed by atoms with Crippen LogP contribution in [0.1, 0.15) is 29.1 Å². The third kappa shape index (κ3) is 2.37. The molecule has 2 aromatic rings. The van der Waals surface area contributed by atoms with Gasteiger partial charge in [0.05, 0.1) is 11.6 Å². The van der Waals surface area contributed by atoms with Crippen molar-refractivity contribution in [1.82, 2.24) is 0 Å². The predicted octanol–water partition coefficient (Wildman–Crippen LogP) is 2.66. The van der Waals surface area contributed by atoms with Crippen LogP contribution in [0, 0.1) is 0 Å². The molecule has 88 valence electrons. The van der Waals surface area contributed by atoms with Crippen molar-refractivity contribution in [2.24, 2.45) is 5.73 Å². The molecule has 1 heterocycles. The zero-order valence-electron chi connectivity index (χ0n) is 9.38. The Kier molecular flexibility index (Phi) is 2.97. The van der Waals surface area contributed by atoms with Gasteiger partial charge in [0.1, 0.15) is 11.5 Å². The molecule has 0 amide bonds. The van der Waals surface area contributed by atoms with Gasteiger partial charge in [0.2, 0.25) is 0 Å². The third-order valence-corrected chi connectivity index (χ3v) is 2.47. The first-order chi connectivity index (χ1) is 8.08. The van der Waals surface area contributed by atoms with E-state index in [-0.39, 0.29) is 11.6 Å². The van der Waals surface area contributed by atoms with E-state index < -0.39 is 5.97 Å². The lowest BCUT2D eigenvalue weighted by molar-refractivity contribution is 0.0697. The van der Waals surface area contributed by atoms with Gasteiger partial charge in [0, 0.05) is 5.56 Å². The highest BCUT2D eigenvalue weighted by atomic mass is 16.4. The van der Waals surface area contributed by atoms with Crippen LogP contribution in [-0.2, 0) is 0 Å². The SMILES string of the molecule is CC(N)c1ccc(-c2cccc(C(=O)O)c2)o1. The molecule has 0 spiro atoms. The first kappa shape index (κ1) is 11.4. The fraction of sp³-hybridized carbons (Fsp3) is 0.154. The standard InChI is InChI=1S/C13H13NO3/c1-8(14)11-5-6-12(17-11)9-3-2-4-10(7-9)13(15)16/h2-8H,14H2,1H3,(H,15,16). The van der Waals surface area contributed by atoms with E-state index in [4.69, 9.17) is 15.3 Å². The van der Waals surface area contributed by atoms with E-state index in [0.717, 1.165) is 5.56 Å². The maximum absolute atomic E-state index is 10.8. The molecule has 1 unspecified atom stereocenters. The number of nitrogens with two attached hydrogens (primary N) is 1. The number of carboxylic acid groups (broad SMARTS) is 1. The number of carboxylic acids is 1.